The normalized spacial score (nSPS) is 11.2. The van der Waals surface area contributed by atoms with Gasteiger partial charge in [0.15, 0.2) is 0 Å². The number of carbonyl (C=O) groups is 1. The molecule has 0 fully saturated rings. The number of ether oxygens (including phenoxy) is 1. The third-order valence-electron chi connectivity index (χ3n) is 5.36. The summed E-state index contributed by atoms with van der Waals surface area (Å²) in [7, 11) is 0. The smallest absolute Gasteiger partial charge is 0.266 e. The van der Waals surface area contributed by atoms with Gasteiger partial charge in [0.25, 0.3) is 5.91 Å². The van der Waals surface area contributed by atoms with E-state index in [-0.39, 0.29) is 5.57 Å². The van der Waals surface area contributed by atoms with E-state index in [1.807, 2.05) is 45.0 Å². The maximum absolute atomic E-state index is 12.7. The first-order valence-corrected chi connectivity index (χ1v) is 10.3. The van der Waals surface area contributed by atoms with Crippen molar-refractivity contribution in [2.24, 2.45) is 0 Å². The van der Waals surface area contributed by atoms with Crippen molar-refractivity contribution >= 4 is 17.7 Å². The number of nitrogens with one attached hydrogen (secondary N) is 1. The number of amides is 1. The van der Waals surface area contributed by atoms with E-state index in [4.69, 9.17) is 4.74 Å². The fraction of sp³-hybridized carbons (Fsp3) is 0.231. The van der Waals surface area contributed by atoms with Gasteiger partial charge in [-0.2, -0.15) is 5.26 Å². The van der Waals surface area contributed by atoms with Gasteiger partial charge in [0.2, 0.25) is 0 Å². The van der Waals surface area contributed by atoms with Gasteiger partial charge in [0, 0.05) is 28.8 Å². The molecule has 0 radical (unpaired) electrons. The molecule has 1 aromatic heterocycles. The van der Waals surface area contributed by atoms with E-state index in [2.05, 4.69) is 35.9 Å². The molecule has 5 nitrogen and oxygen atoms in total. The lowest BCUT2D eigenvalue weighted by Gasteiger charge is -2.14. The van der Waals surface area contributed by atoms with Crippen molar-refractivity contribution < 1.29 is 9.53 Å². The lowest BCUT2D eigenvalue weighted by Crippen LogP contribution is -2.13. The molecule has 0 saturated carbocycles. The van der Waals surface area contributed by atoms with Crippen molar-refractivity contribution in [3.8, 4) is 17.5 Å². The fourth-order valence-corrected chi connectivity index (χ4v) is 3.62. The molecule has 0 atom stereocenters. The molecule has 158 valence electrons. The van der Waals surface area contributed by atoms with E-state index in [1.165, 1.54) is 11.1 Å². The predicted molar refractivity (Wildman–Crippen MR) is 125 cm³/mol. The van der Waals surface area contributed by atoms with E-state index in [1.54, 1.807) is 24.3 Å². The molecule has 0 spiro atoms. The first-order valence-electron chi connectivity index (χ1n) is 10.3. The number of nitrogens with zero attached hydrogens (tertiary/aromatic N) is 2. The highest BCUT2D eigenvalue weighted by molar-refractivity contribution is 6.09. The molecule has 3 rings (SSSR count). The van der Waals surface area contributed by atoms with Crippen molar-refractivity contribution in [1.29, 1.82) is 5.26 Å². The Morgan fingerprint density at radius 2 is 1.87 bits per heavy atom. The predicted octanol–water partition coefficient (Wildman–Crippen LogP) is 5.66. The Morgan fingerprint density at radius 1 is 1.13 bits per heavy atom. The molecule has 0 unspecified atom stereocenters. The summed E-state index contributed by atoms with van der Waals surface area (Å²) in [4.78, 5) is 12.7. The third-order valence-corrected chi connectivity index (χ3v) is 5.36. The van der Waals surface area contributed by atoms with Crippen LogP contribution in [0.3, 0.4) is 0 Å². The Labute approximate surface area is 183 Å². The highest BCUT2D eigenvalue weighted by atomic mass is 16.5. The lowest BCUT2D eigenvalue weighted by atomic mass is 10.1. The third kappa shape index (κ3) is 4.70. The van der Waals surface area contributed by atoms with Gasteiger partial charge < -0.3 is 14.6 Å². The van der Waals surface area contributed by atoms with Crippen LogP contribution in [-0.4, -0.2) is 17.1 Å². The van der Waals surface area contributed by atoms with Crippen LogP contribution >= 0.6 is 0 Å². The average molecular weight is 414 g/mol. The average Bonchev–Trinajstić information content (AvgIpc) is 3.01. The zero-order valence-electron chi connectivity index (χ0n) is 18.6. The highest BCUT2D eigenvalue weighted by Crippen LogP contribution is 2.26. The van der Waals surface area contributed by atoms with Crippen LogP contribution in [0.15, 0.2) is 54.1 Å². The summed E-state index contributed by atoms with van der Waals surface area (Å²) in [6.45, 7) is 10.7. The van der Waals surface area contributed by atoms with Crippen LogP contribution in [0, 0.1) is 39.0 Å². The summed E-state index contributed by atoms with van der Waals surface area (Å²) in [5, 5.41) is 12.4. The van der Waals surface area contributed by atoms with Crippen molar-refractivity contribution in [2.45, 2.75) is 34.6 Å². The fourth-order valence-electron chi connectivity index (χ4n) is 3.62. The molecular formula is C26H27N3O2. The van der Waals surface area contributed by atoms with Crippen LogP contribution < -0.4 is 10.1 Å². The second-order valence-corrected chi connectivity index (χ2v) is 7.47. The second kappa shape index (κ2) is 9.36. The van der Waals surface area contributed by atoms with Crippen molar-refractivity contribution in [2.75, 3.05) is 11.9 Å². The van der Waals surface area contributed by atoms with E-state index < -0.39 is 5.91 Å². The molecule has 0 bridgehead atoms. The number of carbonyl (C=O) groups excluding carboxylic acids is 1. The van der Waals surface area contributed by atoms with E-state index in [0.29, 0.717) is 18.0 Å². The summed E-state index contributed by atoms with van der Waals surface area (Å²) in [6.07, 6.45) is 1.64. The molecule has 0 aliphatic heterocycles. The number of aromatic nitrogens is 1. The monoisotopic (exact) mass is 413 g/mol. The second-order valence-electron chi connectivity index (χ2n) is 7.47. The Hall–Kier alpha value is -3.78. The quantitative estimate of drug-likeness (QED) is 0.419. The van der Waals surface area contributed by atoms with Gasteiger partial charge in [-0.05, 0) is 81.7 Å². The van der Waals surface area contributed by atoms with Crippen LogP contribution in [0.2, 0.25) is 0 Å². The van der Waals surface area contributed by atoms with Gasteiger partial charge in [-0.15, -0.1) is 0 Å². The van der Waals surface area contributed by atoms with E-state index >= 15 is 0 Å². The Morgan fingerprint density at radius 3 is 2.58 bits per heavy atom. The number of hydrogen-bond acceptors (Lipinski definition) is 3. The number of rotatable bonds is 6. The van der Waals surface area contributed by atoms with Crippen LogP contribution in [0.5, 0.6) is 5.75 Å². The largest absolute Gasteiger partial charge is 0.494 e. The maximum Gasteiger partial charge on any atom is 0.266 e. The number of aryl methyl sites for hydroxylation is 2. The van der Waals surface area contributed by atoms with E-state index in [9.17, 15) is 10.1 Å². The number of benzene rings is 2. The molecular weight excluding hydrogens is 386 g/mol. The SMILES string of the molecule is CCOc1cccc(NC(=O)C(C#N)=Cc2cc(C)n(-c3cccc(C)c3C)c2C)c1. The van der Waals surface area contributed by atoms with Crippen molar-refractivity contribution in [1.82, 2.24) is 4.57 Å². The summed E-state index contributed by atoms with van der Waals surface area (Å²) < 4.78 is 7.63. The molecule has 1 amide bonds. The van der Waals surface area contributed by atoms with Gasteiger partial charge in [-0.3, -0.25) is 4.79 Å². The molecule has 2 aromatic carbocycles. The maximum atomic E-state index is 12.7. The van der Waals surface area contributed by atoms with Gasteiger partial charge >= 0.3 is 0 Å². The first kappa shape index (κ1) is 21.9. The molecule has 0 aliphatic rings. The number of anilines is 1. The van der Waals surface area contributed by atoms with Crippen molar-refractivity contribution in [3.05, 3.63) is 82.2 Å². The number of nitriles is 1. The minimum Gasteiger partial charge on any atom is -0.494 e. The Bertz CT molecular complexity index is 1200. The lowest BCUT2D eigenvalue weighted by molar-refractivity contribution is -0.112. The van der Waals surface area contributed by atoms with Crippen LogP contribution in [0.25, 0.3) is 11.8 Å². The topological polar surface area (TPSA) is 67.0 Å². The summed E-state index contributed by atoms with van der Waals surface area (Å²) in [6, 6.07) is 17.4. The van der Waals surface area contributed by atoms with Gasteiger partial charge in [-0.25, -0.2) is 0 Å². The minimum absolute atomic E-state index is 0.0445. The standard InChI is InChI=1S/C26H27N3O2/c1-6-31-24-11-8-10-23(15-24)28-26(30)22(16-27)14-21-13-18(3)29(20(21)5)25-12-7-9-17(2)19(25)4/h7-15H,6H2,1-5H3,(H,28,30). The summed E-state index contributed by atoms with van der Waals surface area (Å²) >= 11 is 0. The zero-order chi connectivity index (χ0) is 22.5. The van der Waals surface area contributed by atoms with Gasteiger partial charge in [0.05, 0.1) is 6.61 Å². The summed E-state index contributed by atoms with van der Waals surface area (Å²) in [5.41, 5.74) is 7.00. The molecule has 1 heterocycles. The highest BCUT2D eigenvalue weighted by Gasteiger charge is 2.15. The molecule has 5 heteroatoms. The van der Waals surface area contributed by atoms with Gasteiger partial charge in [-0.1, -0.05) is 18.2 Å². The summed E-state index contributed by atoms with van der Waals surface area (Å²) in [5.74, 6) is 0.215. The minimum atomic E-state index is -0.451. The molecule has 31 heavy (non-hydrogen) atoms. The molecule has 3 aromatic rings. The van der Waals surface area contributed by atoms with Crippen LogP contribution in [0.4, 0.5) is 5.69 Å². The Balaban J connectivity index is 1.93. The number of hydrogen-bond donors (Lipinski definition) is 1. The molecule has 0 saturated heterocycles. The van der Waals surface area contributed by atoms with Crippen LogP contribution in [0.1, 0.15) is 35.0 Å². The molecule has 1 N–H and O–H groups in total. The molecule has 0 aliphatic carbocycles. The first-order chi connectivity index (χ1) is 14.8. The zero-order valence-corrected chi connectivity index (χ0v) is 18.6. The Kier molecular flexibility index (Phi) is 6.61. The van der Waals surface area contributed by atoms with Crippen LogP contribution in [-0.2, 0) is 4.79 Å². The van der Waals surface area contributed by atoms with Crippen molar-refractivity contribution in [3.63, 3.8) is 0 Å². The van der Waals surface area contributed by atoms with E-state index in [0.717, 1.165) is 22.6 Å². The van der Waals surface area contributed by atoms with Gasteiger partial charge in [0.1, 0.15) is 17.4 Å².